The molecule has 4 heteroatoms. The first-order valence-electron chi connectivity index (χ1n) is 6.63. The predicted molar refractivity (Wildman–Crippen MR) is 74.4 cm³/mol. The lowest BCUT2D eigenvalue weighted by Gasteiger charge is -2.18. The molecule has 96 valence electrons. The first-order chi connectivity index (χ1) is 8.24. The molecule has 1 aromatic rings. The van der Waals surface area contributed by atoms with Crippen LogP contribution in [0.25, 0.3) is 0 Å². The fourth-order valence-electron chi connectivity index (χ4n) is 2.42. The number of aromatic nitrogens is 2. The van der Waals surface area contributed by atoms with E-state index < -0.39 is 0 Å². The third kappa shape index (κ3) is 3.05. The number of aryl methyl sites for hydroxylation is 2. The highest BCUT2D eigenvalue weighted by molar-refractivity contribution is 7.99. The normalized spacial score (nSPS) is 21.9. The fraction of sp³-hybridized carbons (Fsp3) is 0.769. The van der Waals surface area contributed by atoms with Crippen LogP contribution in [-0.4, -0.2) is 27.3 Å². The maximum Gasteiger partial charge on any atom is 0.0624 e. The van der Waals surface area contributed by atoms with Gasteiger partial charge >= 0.3 is 0 Å². The minimum atomic E-state index is 0.303. The topological polar surface area (TPSA) is 43.8 Å². The quantitative estimate of drug-likeness (QED) is 0.874. The van der Waals surface area contributed by atoms with Crippen LogP contribution in [0.5, 0.6) is 0 Å². The maximum atomic E-state index is 6.33. The zero-order valence-electron chi connectivity index (χ0n) is 10.9. The Kier molecular flexibility index (Phi) is 4.51. The Hall–Kier alpha value is -0.480. The van der Waals surface area contributed by atoms with Crippen molar-refractivity contribution in [3.63, 3.8) is 0 Å². The number of hydrogen-bond acceptors (Lipinski definition) is 3. The largest absolute Gasteiger partial charge is 0.327 e. The van der Waals surface area contributed by atoms with Gasteiger partial charge in [0.05, 0.1) is 5.69 Å². The molecule has 0 radical (unpaired) electrons. The Bertz CT molecular complexity index is 356. The lowest BCUT2D eigenvalue weighted by molar-refractivity contribution is 0.448. The Balaban J connectivity index is 2.03. The molecule has 2 rings (SSSR count). The van der Waals surface area contributed by atoms with Gasteiger partial charge in [-0.15, -0.1) is 0 Å². The zero-order chi connectivity index (χ0) is 12.3. The Labute approximate surface area is 108 Å². The molecule has 17 heavy (non-hydrogen) atoms. The van der Waals surface area contributed by atoms with E-state index in [4.69, 9.17) is 5.73 Å². The second kappa shape index (κ2) is 5.91. The molecule has 1 aromatic heterocycles. The Morgan fingerprint density at radius 2 is 2.41 bits per heavy atom. The summed E-state index contributed by atoms with van der Waals surface area (Å²) in [5.41, 5.74) is 8.83. The van der Waals surface area contributed by atoms with Crippen LogP contribution in [0.1, 0.15) is 31.7 Å². The fourth-order valence-corrected chi connectivity index (χ4v) is 3.78. The van der Waals surface area contributed by atoms with Crippen molar-refractivity contribution in [3.05, 3.63) is 17.5 Å². The summed E-state index contributed by atoms with van der Waals surface area (Å²) in [6, 6.07) is 2.53. The molecule has 1 fully saturated rings. The molecule has 0 saturated carbocycles. The minimum Gasteiger partial charge on any atom is -0.327 e. The molecule has 0 bridgehead atoms. The minimum absolute atomic E-state index is 0.303. The van der Waals surface area contributed by atoms with Gasteiger partial charge in [-0.1, -0.05) is 6.92 Å². The SMILES string of the molecule is CCc1cc(CC(N)C2CCSC2)n(CC)n1. The van der Waals surface area contributed by atoms with Gasteiger partial charge in [0.15, 0.2) is 0 Å². The summed E-state index contributed by atoms with van der Waals surface area (Å²) < 4.78 is 2.11. The summed E-state index contributed by atoms with van der Waals surface area (Å²) in [4.78, 5) is 0. The Morgan fingerprint density at radius 3 is 3.00 bits per heavy atom. The molecule has 3 nitrogen and oxygen atoms in total. The summed E-state index contributed by atoms with van der Waals surface area (Å²) in [6.07, 6.45) is 3.27. The van der Waals surface area contributed by atoms with E-state index in [-0.39, 0.29) is 0 Å². The van der Waals surface area contributed by atoms with E-state index in [0.29, 0.717) is 12.0 Å². The summed E-state index contributed by atoms with van der Waals surface area (Å²) in [5, 5.41) is 4.58. The van der Waals surface area contributed by atoms with Gasteiger partial charge in [0.2, 0.25) is 0 Å². The van der Waals surface area contributed by atoms with E-state index in [1.54, 1.807) is 0 Å². The van der Waals surface area contributed by atoms with Crippen LogP contribution in [0, 0.1) is 5.92 Å². The van der Waals surface area contributed by atoms with Gasteiger partial charge in [0.1, 0.15) is 0 Å². The first kappa shape index (κ1) is 13.0. The number of nitrogens with two attached hydrogens (primary N) is 1. The number of rotatable bonds is 5. The third-order valence-corrected chi connectivity index (χ3v) is 4.78. The van der Waals surface area contributed by atoms with Gasteiger partial charge in [-0.25, -0.2) is 0 Å². The molecule has 2 atom stereocenters. The van der Waals surface area contributed by atoms with E-state index in [1.807, 2.05) is 11.8 Å². The van der Waals surface area contributed by atoms with Crippen LogP contribution in [0.15, 0.2) is 6.07 Å². The van der Waals surface area contributed by atoms with Crippen molar-refractivity contribution in [2.75, 3.05) is 11.5 Å². The second-order valence-electron chi connectivity index (χ2n) is 4.79. The van der Waals surface area contributed by atoms with Crippen molar-refractivity contribution in [1.82, 2.24) is 9.78 Å². The highest BCUT2D eigenvalue weighted by Crippen LogP contribution is 2.26. The lowest BCUT2D eigenvalue weighted by Crippen LogP contribution is -2.33. The van der Waals surface area contributed by atoms with Crippen molar-refractivity contribution in [2.45, 2.75) is 45.7 Å². The smallest absolute Gasteiger partial charge is 0.0624 e. The number of thioether (sulfide) groups is 1. The molecule has 1 aliphatic rings. The van der Waals surface area contributed by atoms with Gasteiger partial charge in [0, 0.05) is 24.7 Å². The molecule has 0 aromatic carbocycles. The lowest BCUT2D eigenvalue weighted by atomic mass is 9.96. The van der Waals surface area contributed by atoms with Crippen LogP contribution >= 0.6 is 11.8 Å². The number of hydrogen-bond donors (Lipinski definition) is 1. The molecule has 0 spiro atoms. The predicted octanol–water partition coefficient (Wildman–Crippen LogP) is 2.09. The molecule has 0 aliphatic carbocycles. The number of nitrogens with zero attached hydrogens (tertiary/aromatic N) is 2. The summed E-state index contributed by atoms with van der Waals surface area (Å²) in [6.45, 7) is 5.24. The van der Waals surface area contributed by atoms with Gasteiger partial charge < -0.3 is 5.73 Å². The summed E-state index contributed by atoms with van der Waals surface area (Å²) in [5.74, 6) is 3.22. The molecular formula is C13H23N3S. The molecule has 2 N–H and O–H groups in total. The Morgan fingerprint density at radius 1 is 1.59 bits per heavy atom. The van der Waals surface area contributed by atoms with Crippen molar-refractivity contribution < 1.29 is 0 Å². The van der Waals surface area contributed by atoms with Crippen molar-refractivity contribution in [2.24, 2.45) is 11.7 Å². The molecule has 1 saturated heterocycles. The van der Waals surface area contributed by atoms with Gasteiger partial charge in [-0.2, -0.15) is 16.9 Å². The monoisotopic (exact) mass is 253 g/mol. The van der Waals surface area contributed by atoms with Crippen LogP contribution in [0.2, 0.25) is 0 Å². The van der Waals surface area contributed by atoms with Crippen LogP contribution < -0.4 is 5.73 Å². The summed E-state index contributed by atoms with van der Waals surface area (Å²) in [7, 11) is 0. The van der Waals surface area contributed by atoms with Gasteiger partial charge in [0.25, 0.3) is 0 Å². The highest BCUT2D eigenvalue weighted by Gasteiger charge is 2.23. The molecular weight excluding hydrogens is 230 g/mol. The third-order valence-electron chi connectivity index (χ3n) is 3.59. The van der Waals surface area contributed by atoms with Crippen molar-refractivity contribution in [3.8, 4) is 0 Å². The van der Waals surface area contributed by atoms with Gasteiger partial charge in [-0.3, -0.25) is 4.68 Å². The highest BCUT2D eigenvalue weighted by atomic mass is 32.2. The van der Waals surface area contributed by atoms with Crippen molar-refractivity contribution >= 4 is 11.8 Å². The molecule has 2 unspecified atom stereocenters. The van der Waals surface area contributed by atoms with E-state index in [9.17, 15) is 0 Å². The van der Waals surface area contributed by atoms with E-state index in [1.165, 1.54) is 29.3 Å². The molecule has 2 heterocycles. The maximum absolute atomic E-state index is 6.33. The molecule has 0 amide bonds. The second-order valence-corrected chi connectivity index (χ2v) is 5.94. The zero-order valence-corrected chi connectivity index (χ0v) is 11.7. The van der Waals surface area contributed by atoms with Gasteiger partial charge in [-0.05, 0) is 43.3 Å². The standard InChI is InChI=1S/C13H23N3S/c1-3-11-7-12(16(4-2)15-11)8-13(14)10-5-6-17-9-10/h7,10,13H,3-6,8-9,14H2,1-2H3. The van der Waals surface area contributed by atoms with E-state index in [2.05, 4.69) is 29.7 Å². The average Bonchev–Trinajstić information content (AvgIpc) is 2.97. The first-order valence-corrected chi connectivity index (χ1v) is 7.79. The molecule has 1 aliphatic heterocycles. The van der Waals surface area contributed by atoms with Crippen LogP contribution in [0.4, 0.5) is 0 Å². The average molecular weight is 253 g/mol. The summed E-state index contributed by atoms with van der Waals surface area (Å²) >= 11 is 2.04. The van der Waals surface area contributed by atoms with Crippen LogP contribution in [0.3, 0.4) is 0 Å². The van der Waals surface area contributed by atoms with E-state index >= 15 is 0 Å². The van der Waals surface area contributed by atoms with Crippen LogP contribution in [-0.2, 0) is 19.4 Å². The van der Waals surface area contributed by atoms with E-state index in [0.717, 1.165) is 19.4 Å². The van der Waals surface area contributed by atoms with Crippen molar-refractivity contribution in [1.29, 1.82) is 0 Å².